The largest absolute Gasteiger partial charge is 0.468 e. The molecule has 112 valence electrons. The van der Waals surface area contributed by atoms with Crippen LogP contribution in [0.5, 0.6) is 0 Å². The molecule has 1 aromatic carbocycles. The Morgan fingerprint density at radius 2 is 1.81 bits per heavy atom. The van der Waals surface area contributed by atoms with E-state index in [0.29, 0.717) is 6.54 Å². The predicted molar refractivity (Wildman–Crippen MR) is 80.7 cm³/mol. The van der Waals surface area contributed by atoms with Crippen LogP contribution < -0.4 is 10.6 Å². The van der Waals surface area contributed by atoms with Crippen LogP contribution in [0.3, 0.4) is 0 Å². The molecule has 3 rings (SSSR count). The molecule has 0 spiro atoms. The normalized spacial score (nSPS) is 17.9. The third-order valence-electron chi connectivity index (χ3n) is 4.04. The number of furan rings is 1. The van der Waals surface area contributed by atoms with Gasteiger partial charge in [0.25, 0.3) is 0 Å². The predicted octanol–water partition coefficient (Wildman–Crippen LogP) is 2.24. The Morgan fingerprint density at radius 1 is 1.10 bits per heavy atom. The molecule has 1 atom stereocenters. The molecule has 0 aliphatic carbocycles. The molecule has 0 radical (unpaired) electrons. The molecule has 5 heteroatoms. The molecule has 2 N–H and O–H groups in total. The lowest BCUT2D eigenvalue weighted by atomic mass is 10.1. The number of nitrogens with zero attached hydrogens (tertiary/aromatic N) is 2. The number of hydrogen-bond acceptors (Lipinski definition) is 4. The van der Waals surface area contributed by atoms with Crippen molar-refractivity contribution < 1.29 is 8.81 Å². The lowest BCUT2D eigenvalue weighted by Crippen LogP contribution is -2.49. The zero-order chi connectivity index (χ0) is 14.7. The topological polar surface area (TPSA) is 45.6 Å². The summed E-state index contributed by atoms with van der Waals surface area (Å²) in [4.78, 5) is 4.62. The summed E-state index contributed by atoms with van der Waals surface area (Å²) in [7, 11) is 0. The summed E-state index contributed by atoms with van der Waals surface area (Å²) in [5, 5.41) is 0. The van der Waals surface area contributed by atoms with E-state index in [4.69, 9.17) is 10.2 Å². The lowest BCUT2D eigenvalue weighted by molar-refractivity contribution is 0.169. The summed E-state index contributed by atoms with van der Waals surface area (Å²) in [5.41, 5.74) is 6.97. The van der Waals surface area contributed by atoms with Crippen molar-refractivity contribution in [3.05, 3.63) is 54.2 Å². The molecule has 4 nitrogen and oxygen atoms in total. The summed E-state index contributed by atoms with van der Waals surface area (Å²) in [6.07, 6.45) is 1.69. The zero-order valence-electron chi connectivity index (χ0n) is 11.9. The van der Waals surface area contributed by atoms with E-state index in [2.05, 4.69) is 9.80 Å². The van der Waals surface area contributed by atoms with Crippen LogP contribution in [0.2, 0.25) is 0 Å². The maximum Gasteiger partial charge on any atom is 0.123 e. The van der Waals surface area contributed by atoms with Crippen molar-refractivity contribution >= 4 is 5.69 Å². The minimum absolute atomic E-state index is 0.135. The van der Waals surface area contributed by atoms with Gasteiger partial charge in [-0.2, -0.15) is 0 Å². The van der Waals surface area contributed by atoms with Crippen LogP contribution >= 0.6 is 0 Å². The second kappa shape index (κ2) is 6.28. The number of anilines is 1. The molecule has 1 aromatic heterocycles. The molecule has 0 amide bonds. The van der Waals surface area contributed by atoms with Gasteiger partial charge < -0.3 is 15.1 Å². The van der Waals surface area contributed by atoms with Crippen LogP contribution in [0.15, 0.2) is 47.1 Å². The Morgan fingerprint density at radius 3 is 2.38 bits per heavy atom. The van der Waals surface area contributed by atoms with Gasteiger partial charge in [0.1, 0.15) is 11.6 Å². The van der Waals surface area contributed by atoms with Crippen molar-refractivity contribution in [3.8, 4) is 0 Å². The molecule has 1 aliphatic heterocycles. The van der Waals surface area contributed by atoms with Crippen LogP contribution in [0, 0.1) is 5.82 Å². The average molecular weight is 289 g/mol. The van der Waals surface area contributed by atoms with Crippen molar-refractivity contribution in [3.63, 3.8) is 0 Å². The second-order valence-electron chi connectivity index (χ2n) is 5.27. The van der Waals surface area contributed by atoms with E-state index in [1.165, 1.54) is 12.1 Å². The maximum atomic E-state index is 13.0. The average Bonchev–Trinajstić information content (AvgIpc) is 3.04. The third kappa shape index (κ3) is 3.09. The molecule has 0 bridgehead atoms. The SMILES string of the molecule is NC[C@H](c1ccco1)N1CCN(c2ccc(F)cc2)CC1. The first kappa shape index (κ1) is 14.1. The van der Waals surface area contributed by atoms with Crippen LogP contribution in [0.1, 0.15) is 11.8 Å². The van der Waals surface area contributed by atoms with Gasteiger partial charge >= 0.3 is 0 Å². The Kier molecular flexibility index (Phi) is 4.22. The molecule has 2 heterocycles. The minimum atomic E-state index is -0.196. The maximum absolute atomic E-state index is 13.0. The third-order valence-corrected chi connectivity index (χ3v) is 4.04. The molecule has 0 saturated carbocycles. The highest BCUT2D eigenvalue weighted by molar-refractivity contribution is 5.46. The van der Waals surface area contributed by atoms with Crippen LogP contribution in [0.25, 0.3) is 0 Å². The number of halogens is 1. The van der Waals surface area contributed by atoms with Crippen molar-refractivity contribution in [2.45, 2.75) is 6.04 Å². The van der Waals surface area contributed by atoms with E-state index in [0.717, 1.165) is 37.6 Å². The van der Waals surface area contributed by atoms with Gasteiger partial charge in [-0.3, -0.25) is 4.90 Å². The number of benzene rings is 1. The van der Waals surface area contributed by atoms with E-state index >= 15 is 0 Å². The van der Waals surface area contributed by atoms with Gasteiger partial charge in [-0.05, 0) is 36.4 Å². The molecular formula is C16H20FN3O. The first-order valence-electron chi connectivity index (χ1n) is 7.26. The number of rotatable bonds is 4. The van der Waals surface area contributed by atoms with Gasteiger partial charge in [-0.15, -0.1) is 0 Å². The number of hydrogen-bond donors (Lipinski definition) is 1. The van der Waals surface area contributed by atoms with E-state index in [1.54, 1.807) is 6.26 Å². The fraction of sp³-hybridized carbons (Fsp3) is 0.375. The smallest absolute Gasteiger partial charge is 0.123 e. The van der Waals surface area contributed by atoms with E-state index in [9.17, 15) is 4.39 Å². The van der Waals surface area contributed by atoms with Gasteiger partial charge in [0, 0.05) is 38.4 Å². The van der Waals surface area contributed by atoms with E-state index < -0.39 is 0 Å². The van der Waals surface area contributed by atoms with Gasteiger partial charge in [0.05, 0.1) is 12.3 Å². The molecule has 1 saturated heterocycles. The molecule has 1 aliphatic rings. The molecule has 2 aromatic rings. The lowest BCUT2D eigenvalue weighted by Gasteiger charge is -2.39. The Bertz CT molecular complexity index is 547. The molecular weight excluding hydrogens is 269 g/mol. The summed E-state index contributed by atoms with van der Waals surface area (Å²) in [6.45, 7) is 4.19. The highest BCUT2D eigenvalue weighted by atomic mass is 19.1. The Labute approximate surface area is 123 Å². The summed E-state index contributed by atoms with van der Waals surface area (Å²) in [5.74, 6) is 0.728. The second-order valence-corrected chi connectivity index (χ2v) is 5.27. The zero-order valence-corrected chi connectivity index (χ0v) is 11.9. The van der Waals surface area contributed by atoms with Gasteiger partial charge in [-0.25, -0.2) is 4.39 Å². The van der Waals surface area contributed by atoms with Crippen molar-refractivity contribution in [1.82, 2.24) is 4.90 Å². The first-order chi connectivity index (χ1) is 10.3. The van der Waals surface area contributed by atoms with Gasteiger partial charge in [0.2, 0.25) is 0 Å². The highest BCUT2D eigenvalue weighted by Gasteiger charge is 2.25. The quantitative estimate of drug-likeness (QED) is 0.937. The fourth-order valence-electron chi connectivity index (χ4n) is 2.87. The van der Waals surface area contributed by atoms with E-state index in [-0.39, 0.29) is 11.9 Å². The Hall–Kier alpha value is -1.85. The first-order valence-corrected chi connectivity index (χ1v) is 7.26. The summed E-state index contributed by atoms with van der Waals surface area (Å²) < 4.78 is 18.5. The Balaban J connectivity index is 1.63. The molecule has 1 fully saturated rings. The van der Waals surface area contributed by atoms with Gasteiger partial charge in [-0.1, -0.05) is 0 Å². The van der Waals surface area contributed by atoms with Crippen LogP contribution in [-0.2, 0) is 0 Å². The number of nitrogens with two attached hydrogens (primary N) is 1. The van der Waals surface area contributed by atoms with Crippen LogP contribution in [-0.4, -0.2) is 37.6 Å². The fourth-order valence-corrected chi connectivity index (χ4v) is 2.87. The minimum Gasteiger partial charge on any atom is -0.468 e. The number of piperazine rings is 1. The van der Waals surface area contributed by atoms with Gasteiger partial charge in [0.15, 0.2) is 0 Å². The molecule has 0 unspecified atom stereocenters. The standard InChI is InChI=1S/C16H20FN3O/c17-13-3-5-14(6-4-13)19-7-9-20(10-8-19)15(12-18)16-2-1-11-21-16/h1-6,11,15H,7-10,12,18H2/t15-/m1/s1. The van der Waals surface area contributed by atoms with E-state index in [1.807, 2.05) is 24.3 Å². The summed E-state index contributed by atoms with van der Waals surface area (Å²) >= 11 is 0. The summed E-state index contributed by atoms with van der Waals surface area (Å²) in [6, 6.07) is 10.7. The highest BCUT2D eigenvalue weighted by Crippen LogP contribution is 2.23. The van der Waals surface area contributed by atoms with Crippen molar-refractivity contribution in [1.29, 1.82) is 0 Å². The van der Waals surface area contributed by atoms with Crippen LogP contribution in [0.4, 0.5) is 10.1 Å². The molecule has 21 heavy (non-hydrogen) atoms. The van der Waals surface area contributed by atoms with Crippen molar-refractivity contribution in [2.75, 3.05) is 37.6 Å². The van der Waals surface area contributed by atoms with Crippen molar-refractivity contribution in [2.24, 2.45) is 5.73 Å². The monoisotopic (exact) mass is 289 g/mol.